The predicted molar refractivity (Wildman–Crippen MR) is 96.0 cm³/mol. The Labute approximate surface area is 150 Å². The van der Waals surface area contributed by atoms with Crippen molar-refractivity contribution in [1.29, 1.82) is 0 Å². The number of fused-ring (bicyclic) bond motifs is 4. The van der Waals surface area contributed by atoms with Crippen molar-refractivity contribution in [2.75, 3.05) is 20.2 Å². The first-order chi connectivity index (χ1) is 12.1. The molecule has 5 rings (SSSR count). The van der Waals surface area contributed by atoms with E-state index >= 15 is 0 Å². The number of amides is 1. The van der Waals surface area contributed by atoms with Gasteiger partial charge in [-0.1, -0.05) is 0 Å². The number of carbonyl (C=O) groups is 2. The van der Waals surface area contributed by atoms with E-state index < -0.39 is 5.97 Å². The number of piperidine rings is 3. The molecular weight excluding hydrogens is 338 g/mol. The first kappa shape index (κ1) is 16.5. The quantitative estimate of drug-likeness (QED) is 0.852. The Hall–Kier alpha value is -1.99. The molecule has 1 amide bonds. The monoisotopic (exact) mass is 359 g/mol. The smallest absolute Gasteiger partial charge is 0.339 e. The molecule has 3 fully saturated rings. The maximum Gasteiger partial charge on any atom is 0.339 e. The Kier molecular flexibility index (Phi) is 4.21. The van der Waals surface area contributed by atoms with Crippen molar-refractivity contribution in [3.05, 3.63) is 28.9 Å². The van der Waals surface area contributed by atoms with Crippen molar-refractivity contribution >= 4 is 33.3 Å². The van der Waals surface area contributed by atoms with E-state index in [0.717, 1.165) is 36.0 Å². The molecule has 0 aliphatic carbocycles. The van der Waals surface area contributed by atoms with Crippen LogP contribution in [0, 0.1) is 5.92 Å². The van der Waals surface area contributed by atoms with Crippen molar-refractivity contribution in [1.82, 2.24) is 15.2 Å². The van der Waals surface area contributed by atoms with Gasteiger partial charge in [0.25, 0.3) is 5.91 Å². The number of methoxy groups -OCH3 is 1. The summed E-state index contributed by atoms with van der Waals surface area (Å²) in [6, 6.07) is 2.21. The molecule has 132 valence electrons. The summed E-state index contributed by atoms with van der Waals surface area (Å²) in [5, 5.41) is 5.65. The van der Waals surface area contributed by atoms with Crippen molar-refractivity contribution in [3.8, 4) is 0 Å². The van der Waals surface area contributed by atoms with Gasteiger partial charge in [0.15, 0.2) is 0 Å². The van der Waals surface area contributed by atoms with Crippen LogP contribution in [0.15, 0.2) is 17.6 Å². The third kappa shape index (κ3) is 2.81. The largest absolute Gasteiger partial charge is 0.465 e. The average molecular weight is 359 g/mol. The van der Waals surface area contributed by atoms with Crippen LogP contribution in [0.2, 0.25) is 0 Å². The van der Waals surface area contributed by atoms with Crippen LogP contribution in [-0.4, -0.2) is 54.0 Å². The summed E-state index contributed by atoms with van der Waals surface area (Å²) < 4.78 is 5.68. The highest BCUT2D eigenvalue weighted by Gasteiger charge is 2.40. The summed E-state index contributed by atoms with van der Waals surface area (Å²) in [4.78, 5) is 31.4. The molecule has 25 heavy (non-hydrogen) atoms. The molecule has 1 N–H and O–H groups in total. The Bertz CT molecular complexity index is 824. The second-order valence-corrected chi connectivity index (χ2v) is 7.73. The van der Waals surface area contributed by atoms with Gasteiger partial charge in [0.1, 0.15) is 5.69 Å². The fourth-order valence-electron chi connectivity index (χ4n) is 4.10. The van der Waals surface area contributed by atoms with Gasteiger partial charge < -0.3 is 10.1 Å². The maximum absolute atomic E-state index is 12.7. The SMILES string of the molecule is COC(=O)c1csc2cnc(C(=O)N[C@@H]3C4CCN(CC4)[C@@H]3C)cc12. The summed E-state index contributed by atoms with van der Waals surface area (Å²) in [7, 11) is 1.36. The van der Waals surface area contributed by atoms with E-state index in [4.69, 9.17) is 4.74 Å². The summed E-state index contributed by atoms with van der Waals surface area (Å²) >= 11 is 1.42. The van der Waals surface area contributed by atoms with Gasteiger partial charge in [0.2, 0.25) is 0 Å². The van der Waals surface area contributed by atoms with Gasteiger partial charge in [-0.2, -0.15) is 0 Å². The third-order valence-corrected chi connectivity index (χ3v) is 6.51. The average Bonchev–Trinajstić information content (AvgIpc) is 3.07. The second-order valence-electron chi connectivity index (χ2n) is 6.82. The lowest BCUT2D eigenvalue weighted by molar-refractivity contribution is 0.0216. The molecule has 3 aliphatic rings. The van der Waals surface area contributed by atoms with Crippen molar-refractivity contribution < 1.29 is 14.3 Å². The zero-order chi connectivity index (χ0) is 17.6. The van der Waals surface area contributed by atoms with Gasteiger partial charge in [-0.25, -0.2) is 9.78 Å². The lowest BCUT2D eigenvalue weighted by Crippen LogP contribution is -2.62. The van der Waals surface area contributed by atoms with Crippen LogP contribution in [0.1, 0.15) is 40.6 Å². The number of nitrogens with one attached hydrogen (secondary N) is 1. The van der Waals surface area contributed by atoms with Crippen molar-refractivity contribution in [3.63, 3.8) is 0 Å². The minimum absolute atomic E-state index is 0.162. The Morgan fingerprint density at radius 1 is 1.36 bits per heavy atom. The van der Waals surface area contributed by atoms with Crippen LogP contribution in [0.5, 0.6) is 0 Å². The number of nitrogens with zero attached hydrogens (tertiary/aromatic N) is 2. The number of esters is 1. The van der Waals surface area contributed by atoms with E-state index in [2.05, 4.69) is 22.1 Å². The molecule has 2 aromatic heterocycles. The van der Waals surface area contributed by atoms with E-state index in [-0.39, 0.29) is 11.9 Å². The number of hydrogen-bond donors (Lipinski definition) is 1. The van der Waals surface area contributed by atoms with Gasteiger partial charge in [-0.15, -0.1) is 11.3 Å². The number of pyridine rings is 1. The van der Waals surface area contributed by atoms with Crippen LogP contribution >= 0.6 is 11.3 Å². The molecule has 0 radical (unpaired) electrons. The summed E-state index contributed by atoms with van der Waals surface area (Å²) in [6.07, 6.45) is 3.93. The first-order valence-electron chi connectivity index (χ1n) is 8.59. The zero-order valence-electron chi connectivity index (χ0n) is 14.3. The molecule has 2 bridgehead atoms. The molecule has 6 nitrogen and oxygen atoms in total. The number of thiophene rings is 1. The second kappa shape index (κ2) is 6.38. The van der Waals surface area contributed by atoms with Gasteiger partial charge in [0, 0.05) is 29.0 Å². The van der Waals surface area contributed by atoms with Crippen molar-refractivity contribution in [2.45, 2.75) is 31.8 Å². The summed E-state index contributed by atoms with van der Waals surface area (Å²) in [6.45, 7) is 4.43. The van der Waals surface area contributed by atoms with E-state index in [9.17, 15) is 9.59 Å². The molecule has 2 atom stereocenters. The summed E-state index contributed by atoms with van der Waals surface area (Å²) in [5.74, 6) is -0.0243. The molecular formula is C18H21N3O3S. The van der Waals surface area contributed by atoms with E-state index in [1.807, 2.05) is 0 Å². The lowest BCUT2D eigenvalue weighted by Gasteiger charge is -2.49. The molecule has 0 unspecified atom stereocenters. The van der Waals surface area contributed by atoms with Gasteiger partial charge in [-0.05, 0) is 44.8 Å². The van der Waals surface area contributed by atoms with Crippen LogP contribution < -0.4 is 5.32 Å². The Morgan fingerprint density at radius 3 is 2.80 bits per heavy atom. The van der Waals surface area contributed by atoms with Crippen LogP contribution in [0.4, 0.5) is 0 Å². The predicted octanol–water partition coefficient (Wildman–Crippen LogP) is 2.30. The summed E-state index contributed by atoms with van der Waals surface area (Å²) in [5.41, 5.74) is 0.829. The molecule has 0 saturated carbocycles. The lowest BCUT2D eigenvalue weighted by atomic mass is 9.79. The van der Waals surface area contributed by atoms with Gasteiger partial charge >= 0.3 is 5.97 Å². The van der Waals surface area contributed by atoms with E-state index in [1.165, 1.54) is 18.4 Å². The van der Waals surface area contributed by atoms with Crippen LogP contribution in [0.25, 0.3) is 10.1 Å². The van der Waals surface area contributed by atoms with Gasteiger partial charge in [-0.3, -0.25) is 9.69 Å². The fraction of sp³-hybridized carbons (Fsp3) is 0.500. The number of hydrogen-bond acceptors (Lipinski definition) is 6. The van der Waals surface area contributed by atoms with Crippen LogP contribution in [-0.2, 0) is 4.74 Å². The molecule has 2 aromatic rings. The minimum atomic E-state index is -0.394. The van der Waals surface area contributed by atoms with E-state index in [0.29, 0.717) is 23.2 Å². The number of aromatic nitrogens is 1. The maximum atomic E-state index is 12.7. The minimum Gasteiger partial charge on any atom is -0.465 e. The standard InChI is InChI=1S/C18H21N3O3S/c1-10-16(11-3-5-21(10)6-4-11)20-17(22)14-7-12-13(18(23)24-2)9-25-15(12)8-19-14/h7-11,16H,3-6H2,1-2H3,(H,20,22)/t10-,16+/m1/s1. The Morgan fingerprint density at radius 2 is 2.12 bits per heavy atom. The highest BCUT2D eigenvalue weighted by atomic mass is 32.1. The van der Waals surface area contributed by atoms with E-state index in [1.54, 1.807) is 17.6 Å². The number of rotatable bonds is 3. The molecule has 7 heteroatoms. The molecule has 5 heterocycles. The molecule has 0 spiro atoms. The molecule has 3 aliphatic heterocycles. The normalized spacial score (nSPS) is 28.1. The third-order valence-electron chi connectivity index (χ3n) is 5.57. The van der Waals surface area contributed by atoms with Crippen LogP contribution in [0.3, 0.4) is 0 Å². The number of carbonyl (C=O) groups excluding carboxylic acids is 2. The molecule has 3 saturated heterocycles. The number of ether oxygens (including phenoxy) is 1. The Balaban J connectivity index is 1.59. The molecule has 0 aromatic carbocycles. The van der Waals surface area contributed by atoms with Gasteiger partial charge in [0.05, 0.1) is 17.4 Å². The van der Waals surface area contributed by atoms with Crippen molar-refractivity contribution in [2.24, 2.45) is 5.92 Å². The highest BCUT2D eigenvalue weighted by molar-refractivity contribution is 7.17. The zero-order valence-corrected chi connectivity index (χ0v) is 15.1. The topological polar surface area (TPSA) is 71.5 Å². The highest BCUT2D eigenvalue weighted by Crippen LogP contribution is 2.32. The first-order valence-corrected chi connectivity index (χ1v) is 9.47. The fourth-order valence-corrected chi connectivity index (χ4v) is 4.97.